The van der Waals surface area contributed by atoms with E-state index in [1.165, 1.54) is 0 Å². The van der Waals surface area contributed by atoms with Gasteiger partial charge in [-0.2, -0.15) is 0 Å². The van der Waals surface area contributed by atoms with E-state index in [4.69, 9.17) is 11.1 Å². The van der Waals surface area contributed by atoms with Crippen LogP contribution in [0.25, 0.3) is 0 Å². The summed E-state index contributed by atoms with van der Waals surface area (Å²) in [6.45, 7) is 2.86. The van der Waals surface area contributed by atoms with E-state index >= 15 is 0 Å². The fraction of sp³-hybridized carbons (Fsp3) is 0.846. The molecule has 1 saturated heterocycles. The second-order valence-corrected chi connectivity index (χ2v) is 5.30. The molecule has 1 rings (SSSR count). The predicted octanol–water partition coefficient (Wildman–Crippen LogP) is 0.240. The van der Waals surface area contributed by atoms with E-state index in [-0.39, 0.29) is 11.9 Å². The molecule has 0 aromatic heterocycles. The number of piperidine rings is 1. The molecule has 0 radical (unpaired) electrons. The standard InChI is InChI=1S/C13H27N5O/c1-18-9-6-11(7-10-18)17-12(19)5-3-2-4-8-16-13(14)15/h11H,2-10H2,1H3,(H,17,19)(H4,14,15,16). The Bertz CT molecular complexity index is 287. The Morgan fingerprint density at radius 1 is 1.32 bits per heavy atom. The van der Waals surface area contributed by atoms with Crippen LogP contribution in [0.2, 0.25) is 0 Å². The van der Waals surface area contributed by atoms with Gasteiger partial charge in [-0.25, -0.2) is 0 Å². The summed E-state index contributed by atoms with van der Waals surface area (Å²) in [5.41, 5.74) is 5.17. The molecule has 0 bridgehead atoms. The first-order chi connectivity index (χ1) is 9.08. The van der Waals surface area contributed by atoms with Crippen molar-refractivity contribution in [2.24, 2.45) is 5.73 Å². The molecule has 1 aliphatic heterocycles. The number of nitrogens with one attached hydrogen (secondary N) is 3. The van der Waals surface area contributed by atoms with E-state index in [0.717, 1.165) is 45.2 Å². The van der Waals surface area contributed by atoms with Crippen LogP contribution in [0.5, 0.6) is 0 Å². The summed E-state index contributed by atoms with van der Waals surface area (Å²) in [5.74, 6) is 0.189. The lowest BCUT2D eigenvalue weighted by Gasteiger charge is -2.29. The Morgan fingerprint density at radius 3 is 2.63 bits per heavy atom. The second kappa shape index (κ2) is 8.74. The van der Waals surface area contributed by atoms with Gasteiger partial charge < -0.3 is 21.3 Å². The van der Waals surface area contributed by atoms with Gasteiger partial charge >= 0.3 is 0 Å². The predicted molar refractivity (Wildman–Crippen MR) is 77.0 cm³/mol. The number of likely N-dealkylation sites (tertiary alicyclic amines) is 1. The average molecular weight is 269 g/mol. The zero-order chi connectivity index (χ0) is 14.1. The molecule has 19 heavy (non-hydrogen) atoms. The summed E-state index contributed by atoms with van der Waals surface area (Å²) in [4.78, 5) is 14.0. The zero-order valence-corrected chi connectivity index (χ0v) is 11.9. The van der Waals surface area contributed by atoms with Crippen molar-refractivity contribution in [1.82, 2.24) is 15.5 Å². The first-order valence-corrected chi connectivity index (χ1v) is 7.13. The Labute approximate surface area is 115 Å². The number of hydrogen-bond donors (Lipinski definition) is 4. The molecular formula is C13H27N5O. The minimum atomic E-state index is 0.0139. The van der Waals surface area contributed by atoms with Crippen molar-refractivity contribution < 1.29 is 4.79 Å². The molecule has 5 N–H and O–H groups in total. The molecule has 110 valence electrons. The van der Waals surface area contributed by atoms with E-state index in [1.807, 2.05) is 0 Å². The van der Waals surface area contributed by atoms with Crippen molar-refractivity contribution in [3.05, 3.63) is 0 Å². The largest absolute Gasteiger partial charge is 0.370 e. The van der Waals surface area contributed by atoms with Crippen molar-refractivity contribution in [3.63, 3.8) is 0 Å². The van der Waals surface area contributed by atoms with Crippen LogP contribution in [0.3, 0.4) is 0 Å². The molecule has 0 atom stereocenters. The molecule has 1 heterocycles. The topological polar surface area (TPSA) is 94.2 Å². The van der Waals surface area contributed by atoms with Gasteiger partial charge in [-0.05, 0) is 45.8 Å². The highest BCUT2D eigenvalue weighted by molar-refractivity contribution is 5.76. The molecule has 0 aromatic rings. The van der Waals surface area contributed by atoms with Gasteiger partial charge in [0.25, 0.3) is 0 Å². The molecule has 0 unspecified atom stereocenters. The molecule has 1 aliphatic rings. The van der Waals surface area contributed by atoms with Gasteiger partial charge in [-0.3, -0.25) is 10.2 Å². The van der Waals surface area contributed by atoms with Crippen molar-refractivity contribution in [3.8, 4) is 0 Å². The van der Waals surface area contributed by atoms with Gasteiger partial charge in [0.2, 0.25) is 5.91 Å². The van der Waals surface area contributed by atoms with E-state index in [0.29, 0.717) is 19.0 Å². The molecule has 0 saturated carbocycles. The van der Waals surface area contributed by atoms with E-state index in [1.54, 1.807) is 0 Å². The third kappa shape index (κ3) is 7.66. The Morgan fingerprint density at radius 2 is 2.00 bits per heavy atom. The number of carbonyl (C=O) groups is 1. The van der Waals surface area contributed by atoms with Crippen LogP contribution in [-0.4, -0.2) is 49.5 Å². The summed E-state index contributed by atoms with van der Waals surface area (Å²) in [6.07, 6.45) is 5.56. The molecule has 6 nitrogen and oxygen atoms in total. The molecule has 0 aliphatic carbocycles. The van der Waals surface area contributed by atoms with Crippen LogP contribution >= 0.6 is 0 Å². The van der Waals surface area contributed by atoms with Crippen molar-refractivity contribution in [1.29, 1.82) is 5.41 Å². The van der Waals surface area contributed by atoms with E-state index < -0.39 is 0 Å². The van der Waals surface area contributed by atoms with Crippen molar-refractivity contribution in [2.75, 3.05) is 26.7 Å². The minimum Gasteiger partial charge on any atom is -0.370 e. The summed E-state index contributed by atoms with van der Waals surface area (Å²) in [5, 5.41) is 12.9. The molecule has 0 spiro atoms. The number of hydrogen-bond acceptors (Lipinski definition) is 3. The highest BCUT2D eigenvalue weighted by Gasteiger charge is 2.17. The lowest BCUT2D eigenvalue weighted by atomic mass is 10.1. The van der Waals surface area contributed by atoms with Crippen LogP contribution in [0.1, 0.15) is 38.5 Å². The maximum absolute atomic E-state index is 11.7. The monoisotopic (exact) mass is 269 g/mol. The molecule has 0 aromatic carbocycles. The van der Waals surface area contributed by atoms with E-state index in [2.05, 4.69) is 22.6 Å². The number of nitrogens with zero attached hydrogens (tertiary/aromatic N) is 1. The number of guanidine groups is 1. The minimum absolute atomic E-state index is 0.0139. The first kappa shape index (κ1) is 15.8. The summed E-state index contributed by atoms with van der Waals surface area (Å²) >= 11 is 0. The third-order valence-electron chi connectivity index (χ3n) is 3.48. The molecule has 1 amide bonds. The number of carbonyl (C=O) groups excluding carboxylic acids is 1. The van der Waals surface area contributed by atoms with Crippen LogP contribution in [0.15, 0.2) is 0 Å². The highest BCUT2D eigenvalue weighted by atomic mass is 16.1. The summed E-state index contributed by atoms with van der Waals surface area (Å²) in [7, 11) is 2.12. The Balaban J connectivity index is 1.97. The molecular weight excluding hydrogens is 242 g/mol. The van der Waals surface area contributed by atoms with Gasteiger partial charge in [0.15, 0.2) is 5.96 Å². The third-order valence-corrected chi connectivity index (χ3v) is 3.48. The maximum atomic E-state index is 11.7. The fourth-order valence-electron chi connectivity index (χ4n) is 2.26. The number of amides is 1. The first-order valence-electron chi connectivity index (χ1n) is 7.13. The van der Waals surface area contributed by atoms with Crippen molar-refractivity contribution >= 4 is 11.9 Å². The number of rotatable bonds is 7. The quantitative estimate of drug-likeness (QED) is 0.302. The number of unbranched alkanes of at least 4 members (excludes halogenated alkanes) is 2. The summed E-state index contributed by atoms with van der Waals surface area (Å²) < 4.78 is 0. The Hall–Kier alpha value is -1.30. The van der Waals surface area contributed by atoms with Gasteiger partial charge in [-0.15, -0.1) is 0 Å². The second-order valence-electron chi connectivity index (χ2n) is 5.30. The van der Waals surface area contributed by atoms with Gasteiger partial charge in [0.1, 0.15) is 0 Å². The van der Waals surface area contributed by atoms with Gasteiger partial charge in [0, 0.05) is 19.0 Å². The lowest BCUT2D eigenvalue weighted by molar-refractivity contribution is -0.122. The van der Waals surface area contributed by atoms with Crippen molar-refractivity contribution in [2.45, 2.75) is 44.6 Å². The normalized spacial score (nSPS) is 17.1. The van der Waals surface area contributed by atoms with E-state index in [9.17, 15) is 4.79 Å². The Kier molecular flexibility index (Phi) is 7.25. The van der Waals surface area contributed by atoms with Crippen LogP contribution < -0.4 is 16.4 Å². The average Bonchev–Trinajstić information content (AvgIpc) is 2.36. The SMILES string of the molecule is CN1CCC(NC(=O)CCCCCNC(=N)N)CC1. The molecule has 1 fully saturated rings. The van der Waals surface area contributed by atoms with Gasteiger partial charge in [-0.1, -0.05) is 6.42 Å². The van der Waals surface area contributed by atoms with Gasteiger partial charge in [0.05, 0.1) is 0 Å². The lowest BCUT2D eigenvalue weighted by Crippen LogP contribution is -2.43. The molecule has 6 heteroatoms. The smallest absolute Gasteiger partial charge is 0.220 e. The fourth-order valence-corrected chi connectivity index (χ4v) is 2.26. The highest BCUT2D eigenvalue weighted by Crippen LogP contribution is 2.09. The zero-order valence-electron chi connectivity index (χ0n) is 11.9. The van der Waals surface area contributed by atoms with Crippen LogP contribution in [-0.2, 0) is 4.79 Å². The number of nitrogens with two attached hydrogens (primary N) is 1. The maximum Gasteiger partial charge on any atom is 0.220 e. The van der Waals surface area contributed by atoms with Crippen LogP contribution in [0.4, 0.5) is 0 Å². The van der Waals surface area contributed by atoms with Crippen LogP contribution in [0, 0.1) is 5.41 Å². The summed E-state index contributed by atoms with van der Waals surface area (Å²) in [6, 6.07) is 0.364.